The van der Waals surface area contributed by atoms with E-state index in [1.54, 1.807) is 30.1 Å². The number of benzene rings is 1. The van der Waals surface area contributed by atoms with Crippen LogP contribution < -0.4 is 5.73 Å². The van der Waals surface area contributed by atoms with Crippen molar-refractivity contribution in [2.45, 2.75) is 13.8 Å². The molecule has 0 aliphatic heterocycles. The van der Waals surface area contributed by atoms with Crippen LogP contribution in [-0.2, 0) is 0 Å². The average molecular weight is 291 g/mol. The molecule has 0 saturated heterocycles. The predicted molar refractivity (Wildman–Crippen MR) is 78.5 cm³/mol. The van der Waals surface area contributed by atoms with Crippen LogP contribution >= 0.6 is 24.0 Å². The Balaban J connectivity index is 0.00000289. The highest BCUT2D eigenvalue weighted by molar-refractivity contribution is 6.33. The second kappa shape index (κ2) is 6.98. The van der Waals surface area contributed by atoms with Crippen LogP contribution in [0.1, 0.15) is 24.2 Å². The van der Waals surface area contributed by atoms with Crippen LogP contribution in [-0.4, -0.2) is 30.9 Å². The molecular formula is C13H20Cl2N2O. The zero-order valence-corrected chi connectivity index (χ0v) is 12.5. The van der Waals surface area contributed by atoms with Crippen LogP contribution in [0.2, 0.25) is 5.02 Å². The molecule has 0 bridgehead atoms. The number of carbonyl (C=O) groups is 1. The van der Waals surface area contributed by atoms with E-state index in [0.717, 1.165) is 0 Å². The minimum Gasteiger partial charge on any atom is -0.341 e. The Labute approximate surface area is 120 Å². The third-order valence-corrected chi connectivity index (χ3v) is 3.00. The Bertz CT molecular complexity index is 408. The van der Waals surface area contributed by atoms with Gasteiger partial charge in [-0.1, -0.05) is 37.6 Å². The van der Waals surface area contributed by atoms with Gasteiger partial charge in [-0.05, 0) is 24.1 Å². The maximum absolute atomic E-state index is 12.2. The van der Waals surface area contributed by atoms with E-state index in [4.69, 9.17) is 17.3 Å². The van der Waals surface area contributed by atoms with Crippen molar-refractivity contribution in [1.82, 2.24) is 4.90 Å². The van der Waals surface area contributed by atoms with E-state index >= 15 is 0 Å². The monoisotopic (exact) mass is 290 g/mol. The van der Waals surface area contributed by atoms with Gasteiger partial charge in [-0.3, -0.25) is 4.79 Å². The van der Waals surface area contributed by atoms with Crippen LogP contribution in [0.15, 0.2) is 24.3 Å². The van der Waals surface area contributed by atoms with Crippen LogP contribution in [0, 0.1) is 5.41 Å². The topological polar surface area (TPSA) is 46.3 Å². The van der Waals surface area contributed by atoms with Gasteiger partial charge in [0.1, 0.15) is 0 Å². The van der Waals surface area contributed by atoms with E-state index in [0.29, 0.717) is 23.7 Å². The van der Waals surface area contributed by atoms with E-state index in [9.17, 15) is 4.79 Å². The third kappa shape index (κ3) is 4.48. The number of amides is 1. The molecule has 1 amide bonds. The van der Waals surface area contributed by atoms with Gasteiger partial charge in [0, 0.05) is 13.6 Å². The van der Waals surface area contributed by atoms with Crippen molar-refractivity contribution in [2.75, 3.05) is 20.1 Å². The van der Waals surface area contributed by atoms with Gasteiger partial charge in [-0.25, -0.2) is 0 Å². The molecule has 0 unspecified atom stereocenters. The lowest BCUT2D eigenvalue weighted by Crippen LogP contribution is -2.39. The zero-order chi connectivity index (χ0) is 13.1. The van der Waals surface area contributed by atoms with Gasteiger partial charge >= 0.3 is 0 Å². The summed E-state index contributed by atoms with van der Waals surface area (Å²) < 4.78 is 0. The number of halogens is 2. The first-order valence-corrected chi connectivity index (χ1v) is 5.95. The number of nitrogens with two attached hydrogens (primary N) is 1. The first kappa shape index (κ1) is 17.2. The summed E-state index contributed by atoms with van der Waals surface area (Å²) in [7, 11) is 1.77. The Hall–Kier alpha value is -0.770. The third-order valence-electron chi connectivity index (χ3n) is 2.67. The van der Waals surface area contributed by atoms with Gasteiger partial charge in [0.15, 0.2) is 0 Å². The number of hydrogen-bond acceptors (Lipinski definition) is 2. The molecule has 0 fully saturated rings. The minimum atomic E-state index is -0.0916. The van der Waals surface area contributed by atoms with Gasteiger partial charge in [-0.15, -0.1) is 12.4 Å². The van der Waals surface area contributed by atoms with Crippen molar-refractivity contribution in [3.63, 3.8) is 0 Å². The minimum absolute atomic E-state index is 0. The first-order valence-electron chi connectivity index (χ1n) is 5.57. The van der Waals surface area contributed by atoms with Crippen LogP contribution in [0.3, 0.4) is 0 Å². The summed E-state index contributed by atoms with van der Waals surface area (Å²) >= 11 is 6.00. The molecule has 0 spiro atoms. The molecule has 18 heavy (non-hydrogen) atoms. The quantitative estimate of drug-likeness (QED) is 0.927. The smallest absolute Gasteiger partial charge is 0.255 e. The maximum Gasteiger partial charge on any atom is 0.255 e. The van der Waals surface area contributed by atoms with Gasteiger partial charge in [-0.2, -0.15) is 0 Å². The number of nitrogens with zero attached hydrogens (tertiary/aromatic N) is 1. The summed E-state index contributed by atoms with van der Waals surface area (Å²) in [5, 5.41) is 0.481. The predicted octanol–water partition coefficient (Wildman–Crippen LogP) is 2.82. The van der Waals surface area contributed by atoms with E-state index in [1.165, 1.54) is 0 Å². The average Bonchev–Trinajstić information content (AvgIpc) is 2.28. The van der Waals surface area contributed by atoms with E-state index in [-0.39, 0.29) is 23.7 Å². The highest BCUT2D eigenvalue weighted by Gasteiger charge is 2.22. The van der Waals surface area contributed by atoms with Crippen molar-refractivity contribution in [3.05, 3.63) is 34.9 Å². The summed E-state index contributed by atoms with van der Waals surface area (Å²) in [5.74, 6) is -0.0721. The Kier molecular flexibility index (Phi) is 6.68. The molecule has 1 aromatic rings. The van der Waals surface area contributed by atoms with Crippen LogP contribution in [0.4, 0.5) is 0 Å². The van der Waals surface area contributed by atoms with E-state index < -0.39 is 0 Å². The van der Waals surface area contributed by atoms with E-state index in [2.05, 4.69) is 0 Å². The second-order valence-corrected chi connectivity index (χ2v) is 5.42. The van der Waals surface area contributed by atoms with Gasteiger partial charge in [0.05, 0.1) is 10.6 Å². The fourth-order valence-corrected chi connectivity index (χ4v) is 1.84. The summed E-state index contributed by atoms with van der Waals surface area (Å²) in [6.45, 7) is 5.20. The van der Waals surface area contributed by atoms with Crippen LogP contribution in [0.5, 0.6) is 0 Å². The molecular weight excluding hydrogens is 271 g/mol. The molecule has 5 heteroatoms. The molecule has 0 aliphatic carbocycles. The highest BCUT2D eigenvalue weighted by Crippen LogP contribution is 2.19. The summed E-state index contributed by atoms with van der Waals surface area (Å²) in [6.07, 6.45) is 0. The lowest BCUT2D eigenvalue weighted by molar-refractivity contribution is 0.0741. The SMILES string of the molecule is CN(CC(C)(C)CN)C(=O)c1ccccc1Cl.Cl. The van der Waals surface area contributed by atoms with Gasteiger partial charge < -0.3 is 10.6 Å². The molecule has 0 aliphatic rings. The number of rotatable bonds is 4. The number of carbonyl (C=O) groups excluding carboxylic acids is 1. The van der Waals surface area contributed by atoms with Crippen molar-refractivity contribution in [2.24, 2.45) is 11.1 Å². The normalized spacial score (nSPS) is 10.7. The van der Waals surface area contributed by atoms with Crippen molar-refractivity contribution >= 4 is 29.9 Å². The van der Waals surface area contributed by atoms with Crippen LogP contribution in [0.25, 0.3) is 0 Å². The first-order chi connectivity index (χ1) is 7.87. The molecule has 0 radical (unpaired) electrons. The lowest BCUT2D eigenvalue weighted by Gasteiger charge is -2.29. The van der Waals surface area contributed by atoms with Gasteiger partial charge in [0.2, 0.25) is 0 Å². The molecule has 1 rings (SSSR count). The lowest BCUT2D eigenvalue weighted by atomic mass is 9.93. The maximum atomic E-state index is 12.2. The molecule has 0 saturated carbocycles. The summed E-state index contributed by atoms with van der Waals surface area (Å²) in [4.78, 5) is 13.8. The number of hydrogen-bond donors (Lipinski definition) is 1. The molecule has 3 nitrogen and oxygen atoms in total. The van der Waals surface area contributed by atoms with Crippen molar-refractivity contribution < 1.29 is 4.79 Å². The standard InChI is InChI=1S/C13H19ClN2O.ClH/c1-13(2,8-15)9-16(3)12(17)10-6-4-5-7-11(10)14;/h4-7H,8-9,15H2,1-3H3;1H. The summed E-state index contributed by atoms with van der Waals surface area (Å²) in [6, 6.07) is 7.07. The molecule has 2 N–H and O–H groups in total. The highest BCUT2D eigenvalue weighted by atomic mass is 35.5. The zero-order valence-electron chi connectivity index (χ0n) is 10.9. The molecule has 0 heterocycles. The Morgan fingerprint density at radius 2 is 1.94 bits per heavy atom. The molecule has 1 aromatic carbocycles. The fraction of sp³-hybridized carbons (Fsp3) is 0.462. The van der Waals surface area contributed by atoms with E-state index in [1.807, 2.05) is 19.9 Å². The largest absolute Gasteiger partial charge is 0.341 e. The van der Waals surface area contributed by atoms with Crippen molar-refractivity contribution in [3.8, 4) is 0 Å². The van der Waals surface area contributed by atoms with Gasteiger partial charge in [0.25, 0.3) is 5.91 Å². The fourth-order valence-electron chi connectivity index (χ4n) is 1.62. The Morgan fingerprint density at radius 3 is 2.44 bits per heavy atom. The molecule has 0 atom stereocenters. The Morgan fingerprint density at radius 1 is 1.39 bits per heavy atom. The second-order valence-electron chi connectivity index (χ2n) is 5.01. The molecule has 102 valence electrons. The molecule has 0 aromatic heterocycles. The summed E-state index contributed by atoms with van der Waals surface area (Å²) in [5.41, 5.74) is 6.10. The van der Waals surface area contributed by atoms with Crippen molar-refractivity contribution in [1.29, 1.82) is 0 Å².